The number of anilines is 2. The zero-order valence-corrected chi connectivity index (χ0v) is 19.0. The zero-order chi connectivity index (χ0) is 22.9. The molecule has 2 aliphatic rings. The number of carbonyl (C=O) groups excluding carboxylic acids is 2. The fourth-order valence-corrected chi connectivity index (χ4v) is 5.06. The average Bonchev–Trinajstić information content (AvgIpc) is 2.99. The number of benzene rings is 3. The van der Waals surface area contributed by atoms with Crippen LogP contribution in [0.15, 0.2) is 90.1 Å². The van der Waals surface area contributed by atoms with E-state index in [1.807, 2.05) is 73.3 Å². The summed E-state index contributed by atoms with van der Waals surface area (Å²) in [7, 11) is 0. The van der Waals surface area contributed by atoms with Gasteiger partial charge in [-0.3, -0.25) is 14.5 Å². The van der Waals surface area contributed by atoms with E-state index in [1.54, 1.807) is 0 Å². The number of para-hydroxylation sites is 2. The van der Waals surface area contributed by atoms with Crippen LogP contribution < -0.4 is 10.2 Å². The Morgan fingerprint density at radius 3 is 2.33 bits per heavy atom. The topological polar surface area (TPSA) is 49.4 Å². The Balaban J connectivity index is 1.71. The molecule has 0 spiro atoms. The third kappa shape index (κ3) is 3.86. The van der Waals surface area contributed by atoms with Crippen molar-refractivity contribution in [3.05, 3.63) is 107 Å². The fourth-order valence-electron chi connectivity index (χ4n) is 5.06. The van der Waals surface area contributed by atoms with Crippen LogP contribution in [-0.2, 0) is 9.59 Å². The van der Waals surface area contributed by atoms with Gasteiger partial charge in [0.25, 0.3) is 0 Å². The van der Waals surface area contributed by atoms with Crippen LogP contribution in [0.2, 0.25) is 0 Å². The molecular formula is C29H28N2O2. The molecule has 2 atom stereocenters. The van der Waals surface area contributed by atoms with Gasteiger partial charge in [0, 0.05) is 24.1 Å². The number of nitrogens with zero attached hydrogens (tertiary/aromatic N) is 1. The predicted molar refractivity (Wildman–Crippen MR) is 132 cm³/mol. The number of hydrogen-bond donors (Lipinski definition) is 1. The molecule has 0 aromatic heterocycles. The van der Waals surface area contributed by atoms with Crippen molar-refractivity contribution in [3.63, 3.8) is 0 Å². The third-order valence-electron chi connectivity index (χ3n) is 6.72. The van der Waals surface area contributed by atoms with Gasteiger partial charge in [-0.25, -0.2) is 0 Å². The number of Topliss-reactive ketones (excluding diaryl/α,β-unsaturated/α-hetero) is 1. The van der Waals surface area contributed by atoms with Gasteiger partial charge in [-0.2, -0.15) is 0 Å². The van der Waals surface area contributed by atoms with Crippen molar-refractivity contribution >= 4 is 23.1 Å². The maximum absolute atomic E-state index is 13.8. The third-order valence-corrected chi connectivity index (χ3v) is 6.72. The van der Waals surface area contributed by atoms with Gasteiger partial charge in [0.2, 0.25) is 5.91 Å². The van der Waals surface area contributed by atoms with Crippen molar-refractivity contribution in [2.45, 2.75) is 45.1 Å². The number of carbonyl (C=O) groups is 2. The van der Waals surface area contributed by atoms with Gasteiger partial charge < -0.3 is 5.32 Å². The van der Waals surface area contributed by atoms with E-state index in [2.05, 4.69) is 29.6 Å². The highest BCUT2D eigenvalue weighted by Gasteiger charge is 2.41. The molecular weight excluding hydrogens is 408 g/mol. The highest BCUT2D eigenvalue weighted by atomic mass is 16.2. The van der Waals surface area contributed by atoms with Crippen LogP contribution in [0.25, 0.3) is 0 Å². The molecule has 0 saturated heterocycles. The highest BCUT2D eigenvalue weighted by Crippen LogP contribution is 2.47. The molecule has 33 heavy (non-hydrogen) atoms. The largest absolute Gasteiger partial charge is 0.357 e. The Labute approximate surface area is 194 Å². The van der Waals surface area contributed by atoms with Crippen LogP contribution in [-0.4, -0.2) is 11.7 Å². The summed E-state index contributed by atoms with van der Waals surface area (Å²) in [6.45, 7) is 3.92. The molecule has 0 fully saturated rings. The lowest BCUT2D eigenvalue weighted by atomic mass is 9.78. The van der Waals surface area contributed by atoms with Crippen molar-refractivity contribution in [2.24, 2.45) is 0 Å². The van der Waals surface area contributed by atoms with E-state index in [0.29, 0.717) is 18.4 Å². The van der Waals surface area contributed by atoms with Gasteiger partial charge in [0.15, 0.2) is 5.78 Å². The molecule has 5 rings (SSSR count). The molecule has 1 amide bonds. The lowest BCUT2D eigenvalue weighted by Gasteiger charge is -2.35. The number of ketones is 1. The molecule has 1 N–H and O–H groups in total. The first-order valence-electron chi connectivity index (χ1n) is 11.6. The summed E-state index contributed by atoms with van der Waals surface area (Å²) in [5.41, 5.74) is 6.59. The first-order valence-corrected chi connectivity index (χ1v) is 11.6. The number of aryl methyl sites for hydroxylation is 1. The first-order chi connectivity index (χ1) is 16.1. The predicted octanol–water partition coefficient (Wildman–Crippen LogP) is 6.31. The molecule has 0 bridgehead atoms. The van der Waals surface area contributed by atoms with E-state index in [0.717, 1.165) is 34.6 Å². The minimum Gasteiger partial charge on any atom is -0.357 e. The quantitative estimate of drug-likeness (QED) is 0.524. The second kappa shape index (κ2) is 8.70. The lowest BCUT2D eigenvalue weighted by Crippen LogP contribution is -2.38. The SMILES string of the molecule is CCC(=O)N1c2ccccc2NC2=C(C(=O)CC(c3ccccc3)C2)C1c1ccc(C)cc1. The summed E-state index contributed by atoms with van der Waals surface area (Å²) in [6.07, 6.45) is 1.54. The molecule has 3 aromatic carbocycles. The summed E-state index contributed by atoms with van der Waals surface area (Å²) in [5.74, 6) is 0.218. The highest BCUT2D eigenvalue weighted by molar-refractivity contribution is 6.06. The maximum atomic E-state index is 13.8. The van der Waals surface area contributed by atoms with Gasteiger partial charge >= 0.3 is 0 Å². The molecule has 2 unspecified atom stereocenters. The smallest absolute Gasteiger partial charge is 0.227 e. The number of allylic oxidation sites excluding steroid dienone is 1. The Morgan fingerprint density at radius 2 is 1.61 bits per heavy atom. The molecule has 4 nitrogen and oxygen atoms in total. The van der Waals surface area contributed by atoms with Gasteiger partial charge in [0.1, 0.15) is 0 Å². The van der Waals surface area contributed by atoms with E-state index in [9.17, 15) is 9.59 Å². The van der Waals surface area contributed by atoms with Gasteiger partial charge in [-0.1, -0.05) is 79.2 Å². The number of fused-ring (bicyclic) bond motifs is 1. The zero-order valence-electron chi connectivity index (χ0n) is 19.0. The number of amides is 1. The number of rotatable bonds is 3. The Morgan fingerprint density at radius 1 is 0.909 bits per heavy atom. The van der Waals surface area contributed by atoms with Crippen LogP contribution in [0, 0.1) is 6.92 Å². The van der Waals surface area contributed by atoms with Crippen molar-refractivity contribution < 1.29 is 9.59 Å². The number of hydrogen-bond acceptors (Lipinski definition) is 3. The molecule has 0 saturated carbocycles. The maximum Gasteiger partial charge on any atom is 0.227 e. The monoisotopic (exact) mass is 436 g/mol. The summed E-state index contributed by atoms with van der Waals surface area (Å²) in [4.78, 5) is 29.0. The Bertz CT molecular complexity index is 1230. The van der Waals surface area contributed by atoms with Crippen molar-refractivity contribution in [1.29, 1.82) is 0 Å². The van der Waals surface area contributed by atoms with E-state index < -0.39 is 6.04 Å². The summed E-state index contributed by atoms with van der Waals surface area (Å²) >= 11 is 0. The molecule has 166 valence electrons. The van der Waals surface area contributed by atoms with E-state index in [-0.39, 0.29) is 17.6 Å². The molecule has 1 aliphatic carbocycles. The van der Waals surface area contributed by atoms with Gasteiger partial charge in [0.05, 0.1) is 17.4 Å². The first kappa shape index (κ1) is 21.2. The van der Waals surface area contributed by atoms with Gasteiger partial charge in [-0.15, -0.1) is 0 Å². The Hall–Kier alpha value is -3.66. The number of nitrogens with one attached hydrogen (secondary N) is 1. The Kier molecular flexibility index (Phi) is 5.59. The normalized spacial score (nSPS) is 19.9. The second-order valence-corrected chi connectivity index (χ2v) is 8.90. The van der Waals surface area contributed by atoms with E-state index >= 15 is 0 Å². The molecule has 4 heteroatoms. The summed E-state index contributed by atoms with van der Waals surface area (Å²) < 4.78 is 0. The molecule has 1 heterocycles. The van der Waals surface area contributed by atoms with Crippen molar-refractivity contribution in [2.75, 3.05) is 10.2 Å². The van der Waals surface area contributed by atoms with Crippen LogP contribution in [0.4, 0.5) is 11.4 Å². The van der Waals surface area contributed by atoms with Crippen molar-refractivity contribution in [1.82, 2.24) is 0 Å². The van der Waals surface area contributed by atoms with Gasteiger partial charge in [-0.05, 0) is 42.5 Å². The van der Waals surface area contributed by atoms with E-state index in [1.165, 1.54) is 5.56 Å². The molecule has 3 aromatic rings. The van der Waals surface area contributed by atoms with Crippen LogP contribution in [0.1, 0.15) is 54.8 Å². The average molecular weight is 437 g/mol. The lowest BCUT2D eigenvalue weighted by molar-refractivity contribution is -0.119. The summed E-state index contributed by atoms with van der Waals surface area (Å²) in [5, 5.41) is 3.58. The molecule has 1 aliphatic heterocycles. The molecule has 0 radical (unpaired) electrons. The van der Waals surface area contributed by atoms with Crippen LogP contribution >= 0.6 is 0 Å². The minimum absolute atomic E-state index is 0.00144. The van der Waals surface area contributed by atoms with E-state index in [4.69, 9.17) is 0 Å². The summed E-state index contributed by atoms with van der Waals surface area (Å²) in [6, 6.07) is 25.9. The standard InChI is InChI=1S/C29H28N2O2/c1-3-27(33)31-25-12-8-7-11-23(25)30-24-17-22(20-9-5-4-6-10-20)18-26(32)28(24)29(31)21-15-13-19(2)14-16-21/h4-16,22,29-30H,3,17-18H2,1-2H3. The second-order valence-electron chi connectivity index (χ2n) is 8.90. The minimum atomic E-state index is -0.451. The van der Waals surface area contributed by atoms with Crippen LogP contribution in [0.3, 0.4) is 0 Å². The fraction of sp³-hybridized carbons (Fsp3) is 0.241. The van der Waals surface area contributed by atoms with Crippen molar-refractivity contribution in [3.8, 4) is 0 Å². The van der Waals surface area contributed by atoms with Crippen LogP contribution in [0.5, 0.6) is 0 Å².